The molecular weight excluding hydrogens is 268 g/mol. The van der Waals surface area contributed by atoms with Gasteiger partial charge >= 0.3 is 0 Å². The van der Waals surface area contributed by atoms with E-state index in [2.05, 4.69) is 29.4 Å². The zero-order valence-corrected chi connectivity index (χ0v) is 12.2. The van der Waals surface area contributed by atoms with Gasteiger partial charge in [-0.2, -0.15) is 5.10 Å². The van der Waals surface area contributed by atoms with Gasteiger partial charge in [-0.05, 0) is 18.4 Å². The standard InChI is InChI=1S/C15H20N4O2/c1-9(2)7-10(8-16)17-15(21)13-11-5-3-4-6-12(11)14(20)19-18-13/h3-6,9-10H,7-8,16H2,1-2H3,(H,17,21)(H,19,20). The molecule has 0 fully saturated rings. The quantitative estimate of drug-likeness (QED) is 0.764. The summed E-state index contributed by atoms with van der Waals surface area (Å²) in [6.45, 7) is 4.51. The average molecular weight is 288 g/mol. The van der Waals surface area contributed by atoms with Gasteiger partial charge in [0.15, 0.2) is 5.69 Å². The number of aromatic amines is 1. The molecule has 0 saturated carbocycles. The second-order valence-electron chi connectivity index (χ2n) is 5.48. The van der Waals surface area contributed by atoms with Crippen LogP contribution in [0.25, 0.3) is 10.8 Å². The first-order valence-corrected chi connectivity index (χ1v) is 7.01. The SMILES string of the molecule is CC(C)CC(CN)NC(=O)c1n[nH]c(=O)c2ccccc12. The molecule has 21 heavy (non-hydrogen) atoms. The van der Waals surface area contributed by atoms with E-state index in [4.69, 9.17) is 5.73 Å². The normalized spacial score (nSPS) is 12.6. The summed E-state index contributed by atoms with van der Waals surface area (Å²) in [5.41, 5.74) is 5.60. The van der Waals surface area contributed by atoms with Crippen molar-refractivity contribution < 1.29 is 4.79 Å². The molecule has 1 aromatic heterocycles. The molecule has 1 amide bonds. The first-order chi connectivity index (χ1) is 10.0. The van der Waals surface area contributed by atoms with Gasteiger partial charge in [-0.1, -0.05) is 32.0 Å². The Kier molecular flexibility index (Phi) is 4.70. The van der Waals surface area contributed by atoms with Crippen molar-refractivity contribution in [3.63, 3.8) is 0 Å². The molecule has 2 aromatic rings. The highest BCUT2D eigenvalue weighted by Crippen LogP contribution is 2.13. The van der Waals surface area contributed by atoms with Gasteiger partial charge in [-0.15, -0.1) is 0 Å². The topological polar surface area (TPSA) is 101 Å². The van der Waals surface area contributed by atoms with Gasteiger partial charge < -0.3 is 11.1 Å². The maximum atomic E-state index is 12.4. The molecule has 0 radical (unpaired) electrons. The zero-order chi connectivity index (χ0) is 15.4. The molecule has 0 aliphatic heterocycles. The Bertz CT molecular complexity index is 693. The Morgan fingerprint density at radius 1 is 1.33 bits per heavy atom. The van der Waals surface area contributed by atoms with Crippen LogP contribution in [-0.2, 0) is 0 Å². The Morgan fingerprint density at radius 2 is 2.00 bits per heavy atom. The van der Waals surface area contributed by atoms with Gasteiger partial charge in [0.1, 0.15) is 0 Å². The molecule has 0 saturated heterocycles. The zero-order valence-electron chi connectivity index (χ0n) is 12.2. The van der Waals surface area contributed by atoms with Crippen LogP contribution >= 0.6 is 0 Å². The van der Waals surface area contributed by atoms with Crippen LogP contribution in [0.5, 0.6) is 0 Å². The number of nitrogens with two attached hydrogens (primary N) is 1. The minimum Gasteiger partial charge on any atom is -0.347 e. The maximum absolute atomic E-state index is 12.4. The van der Waals surface area contributed by atoms with Crippen LogP contribution in [0.1, 0.15) is 30.8 Å². The molecule has 4 N–H and O–H groups in total. The monoisotopic (exact) mass is 288 g/mol. The van der Waals surface area contributed by atoms with Crippen LogP contribution in [0.15, 0.2) is 29.1 Å². The van der Waals surface area contributed by atoms with Crippen molar-refractivity contribution in [1.29, 1.82) is 0 Å². The van der Waals surface area contributed by atoms with Crippen LogP contribution < -0.4 is 16.6 Å². The van der Waals surface area contributed by atoms with E-state index < -0.39 is 0 Å². The van der Waals surface area contributed by atoms with Crippen molar-refractivity contribution in [2.24, 2.45) is 11.7 Å². The molecule has 6 heteroatoms. The molecular formula is C15H20N4O2. The van der Waals surface area contributed by atoms with Crippen molar-refractivity contribution in [3.8, 4) is 0 Å². The summed E-state index contributed by atoms with van der Waals surface area (Å²) in [6.07, 6.45) is 0.795. The first-order valence-electron chi connectivity index (χ1n) is 7.01. The van der Waals surface area contributed by atoms with E-state index in [9.17, 15) is 9.59 Å². The lowest BCUT2D eigenvalue weighted by Gasteiger charge is -2.18. The maximum Gasteiger partial charge on any atom is 0.272 e. The summed E-state index contributed by atoms with van der Waals surface area (Å²) < 4.78 is 0. The fourth-order valence-electron chi connectivity index (χ4n) is 2.32. The summed E-state index contributed by atoms with van der Waals surface area (Å²) in [5, 5.41) is 10.1. The lowest BCUT2D eigenvalue weighted by Crippen LogP contribution is -2.41. The van der Waals surface area contributed by atoms with Crippen LogP contribution in [0, 0.1) is 5.92 Å². The summed E-state index contributed by atoms with van der Waals surface area (Å²) in [6, 6.07) is 6.80. The highest BCUT2D eigenvalue weighted by atomic mass is 16.2. The van der Waals surface area contributed by atoms with Crippen molar-refractivity contribution in [2.75, 3.05) is 6.54 Å². The minimum atomic E-state index is -0.321. The van der Waals surface area contributed by atoms with Crippen molar-refractivity contribution in [2.45, 2.75) is 26.3 Å². The molecule has 0 aliphatic carbocycles. The van der Waals surface area contributed by atoms with E-state index in [1.165, 1.54) is 0 Å². The Labute approximate surface area is 122 Å². The third kappa shape index (κ3) is 3.46. The number of nitrogens with one attached hydrogen (secondary N) is 2. The number of benzene rings is 1. The number of nitrogens with zero attached hydrogens (tertiary/aromatic N) is 1. The van der Waals surface area contributed by atoms with Crippen molar-refractivity contribution in [1.82, 2.24) is 15.5 Å². The third-order valence-electron chi connectivity index (χ3n) is 3.29. The summed E-state index contributed by atoms with van der Waals surface area (Å²) >= 11 is 0. The number of fused-ring (bicyclic) bond motifs is 1. The fourth-order valence-corrected chi connectivity index (χ4v) is 2.32. The van der Waals surface area contributed by atoms with E-state index in [-0.39, 0.29) is 23.2 Å². The number of amides is 1. The summed E-state index contributed by atoms with van der Waals surface area (Å²) in [5.74, 6) is 0.109. The average Bonchev–Trinajstić information content (AvgIpc) is 2.46. The van der Waals surface area contributed by atoms with Gasteiger partial charge in [0, 0.05) is 18.0 Å². The Morgan fingerprint density at radius 3 is 2.62 bits per heavy atom. The smallest absolute Gasteiger partial charge is 0.272 e. The van der Waals surface area contributed by atoms with Gasteiger partial charge in [0.05, 0.1) is 5.39 Å². The lowest BCUT2D eigenvalue weighted by molar-refractivity contribution is 0.0929. The second kappa shape index (κ2) is 6.49. The van der Waals surface area contributed by atoms with Crippen molar-refractivity contribution >= 4 is 16.7 Å². The number of H-pyrrole nitrogens is 1. The number of hydrogen-bond donors (Lipinski definition) is 3. The molecule has 0 aliphatic rings. The lowest BCUT2D eigenvalue weighted by atomic mass is 10.0. The highest BCUT2D eigenvalue weighted by molar-refractivity contribution is 6.04. The van der Waals surface area contributed by atoms with Crippen LogP contribution in [0.2, 0.25) is 0 Å². The van der Waals surface area contributed by atoms with Gasteiger partial charge in [0.2, 0.25) is 0 Å². The molecule has 0 bridgehead atoms. The molecule has 6 nitrogen and oxygen atoms in total. The summed E-state index contributed by atoms with van der Waals surface area (Å²) in [7, 11) is 0. The highest BCUT2D eigenvalue weighted by Gasteiger charge is 2.18. The molecule has 1 unspecified atom stereocenters. The fraction of sp³-hybridized carbons (Fsp3) is 0.400. The Hall–Kier alpha value is -2.21. The molecule has 2 rings (SSSR count). The first kappa shape index (κ1) is 15.2. The largest absolute Gasteiger partial charge is 0.347 e. The van der Waals surface area contributed by atoms with E-state index >= 15 is 0 Å². The molecule has 1 aromatic carbocycles. The van der Waals surface area contributed by atoms with Crippen LogP contribution in [-0.4, -0.2) is 28.7 Å². The van der Waals surface area contributed by atoms with Gasteiger partial charge in [0.25, 0.3) is 11.5 Å². The predicted octanol–water partition coefficient (Wildman–Crippen LogP) is 1.03. The predicted molar refractivity (Wildman–Crippen MR) is 82.1 cm³/mol. The molecule has 1 heterocycles. The molecule has 0 spiro atoms. The number of hydrogen-bond acceptors (Lipinski definition) is 4. The minimum absolute atomic E-state index is 0.106. The van der Waals surface area contributed by atoms with Gasteiger partial charge in [-0.3, -0.25) is 9.59 Å². The molecule has 1 atom stereocenters. The summed E-state index contributed by atoms with van der Waals surface area (Å²) in [4.78, 5) is 24.1. The Balaban J connectivity index is 2.32. The van der Waals surface area contributed by atoms with E-state index in [0.717, 1.165) is 6.42 Å². The van der Waals surface area contributed by atoms with E-state index in [1.54, 1.807) is 24.3 Å². The number of carbonyl (C=O) groups is 1. The van der Waals surface area contributed by atoms with E-state index in [0.29, 0.717) is 23.2 Å². The van der Waals surface area contributed by atoms with Crippen LogP contribution in [0.3, 0.4) is 0 Å². The van der Waals surface area contributed by atoms with Crippen LogP contribution in [0.4, 0.5) is 0 Å². The number of carbonyl (C=O) groups excluding carboxylic acids is 1. The second-order valence-corrected chi connectivity index (χ2v) is 5.48. The number of aromatic nitrogens is 2. The third-order valence-corrected chi connectivity index (χ3v) is 3.29. The number of rotatable bonds is 5. The van der Waals surface area contributed by atoms with E-state index in [1.807, 2.05) is 0 Å². The molecule has 112 valence electrons. The van der Waals surface area contributed by atoms with Crippen molar-refractivity contribution in [3.05, 3.63) is 40.3 Å². The van der Waals surface area contributed by atoms with Gasteiger partial charge in [-0.25, -0.2) is 5.10 Å².